The molecule has 0 aliphatic heterocycles. The van der Waals surface area contributed by atoms with Crippen LogP contribution in [-0.4, -0.2) is 22.4 Å². The number of aryl methyl sites for hydroxylation is 1. The van der Waals surface area contributed by atoms with Gasteiger partial charge in [-0.15, -0.1) is 10.2 Å². The lowest BCUT2D eigenvalue weighted by molar-refractivity contribution is 0.475. The van der Waals surface area contributed by atoms with Gasteiger partial charge in [0, 0.05) is 23.4 Å². The summed E-state index contributed by atoms with van der Waals surface area (Å²) in [6.45, 7) is 4.20. The van der Waals surface area contributed by atoms with E-state index in [2.05, 4.69) is 71.5 Å². The van der Waals surface area contributed by atoms with E-state index in [0.29, 0.717) is 0 Å². The van der Waals surface area contributed by atoms with E-state index in [1.54, 1.807) is 12.1 Å². The Kier molecular flexibility index (Phi) is 5.66. The number of hydrogen-bond donors (Lipinski definition) is 1. The second-order valence-electron chi connectivity index (χ2n) is 7.74. The predicted molar refractivity (Wildman–Crippen MR) is 124 cm³/mol. The van der Waals surface area contributed by atoms with Gasteiger partial charge in [-0.1, -0.05) is 67.9 Å². The van der Waals surface area contributed by atoms with Gasteiger partial charge in [-0.05, 0) is 42.7 Å². The lowest BCUT2D eigenvalue weighted by Crippen LogP contribution is -2.25. The number of rotatable bonds is 6. The molecule has 0 amide bonds. The van der Waals surface area contributed by atoms with E-state index in [-0.39, 0.29) is 11.8 Å². The molecule has 0 bridgehead atoms. The molecule has 0 saturated carbocycles. The quantitative estimate of drug-likeness (QED) is 0.415. The molecule has 0 radical (unpaired) electrons. The number of anilines is 1. The summed E-state index contributed by atoms with van der Waals surface area (Å²) in [5, 5.41) is 21.3. The van der Waals surface area contributed by atoms with Gasteiger partial charge in [0.05, 0.1) is 6.04 Å². The van der Waals surface area contributed by atoms with Gasteiger partial charge in [-0.2, -0.15) is 0 Å². The van der Waals surface area contributed by atoms with Crippen molar-refractivity contribution < 1.29 is 5.11 Å². The predicted octanol–water partition coefficient (Wildman–Crippen LogP) is 6.29. The number of nitrogens with zero attached hydrogens (tertiary/aromatic N) is 3. The van der Waals surface area contributed by atoms with Crippen LogP contribution in [0.4, 0.5) is 5.82 Å². The van der Waals surface area contributed by atoms with Crippen molar-refractivity contribution >= 4 is 16.6 Å². The molecule has 1 heterocycles. The molecule has 0 saturated heterocycles. The molecule has 4 aromatic rings. The number of hydrogen-bond acceptors (Lipinski definition) is 4. The van der Waals surface area contributed by atoms with Crippen LogP contribution in [0.5, 0.6) is 5.75 Å². The third-order valence-corrected chi connectivity index (χ3v) is 5.68. The highest BCUT2D eigenvalue weighted by Crippen LogP contribution is 2.36. The van der Waals surface area contributed by atoms with E-state index in [0.717, 1.165) is 46.3 Å². The maximum atomic E-state index is 9.79. The average molecular weight is 398 g/mol. The molecule has 1 N–H and O–H groups in total. The van der Waals surface area contributed by atoms with Crippen molar-refractivity contribution in [3.63, 3.8) is 0 Å². The lowest BCUT2D eigenvalue weighted by Gasteiger charge is -2.30. The van der Waals surface area contributed by atoms with Crippen LogP contribution in [0.1, 0.15) is 36.9 Å². The maximum absolute atomic E-state index is 9.79. The zero-order valence-electron chi connectivity index (χ0n) is 17.7. The molecule has 1 atom stereocenters. The Bertz CT molecular complexity index is 1160. The topological polar surface area (TPSA) is 49.2 Å². The third-order valence-electron chi connectivity index (χ3n) is 5.68. The van der Waals surface area contributed by atoms with Crippen molar-refractivity contribution in [2.45, 2.75) is 32.7 Å². The summed E-state index contributed by atoms with van der Waals surface area (Å²) in [6, 6.07) is 24.5. The fraction of sp³-hybridized carbons (Fsp3) is 0.231. The van der Waals surface area contributed by atoms with Crippen LogP contribution < -0.4 is 4.90 Å². The molecule has 0 spiro atoms. The Morgan fingerprint density at radius 1 is 0.900 bits per heavy atom. The molecule has 0 aliphatic rings. The Hall–Kier alpha value is -3.40. The first-order chi connectivity index (χ1) is 14.6. The monoisotopic (exact) mass is 397 g/mol. The zero-order valence-corrected chi connectivity index (χ0v) is 17.7. The number of aromatic hydroxyl groups is 1. The van der Waals surface area contributed by atoms with Crippen molar-refractivity contribution in [2.24, 2.45) is 0 Å². The highest BCUT2D eigenvalue weighted by Gasteiger charge is 2.21. The minimum Gasteiger partial charge on any atom is -0.508 e. The first-order valence-corrected chi connectivity index (χ1v) is 10.4. The van der Waals surface area contributed by atoms with E-state index in [9.17, 15) is 5.11 Å². The Balaban J connectivity index is 1.84. The normalized spacial score (nSPS) is 12.1. The first kappa shape index (κ1) is 19.9. The molecular weight excluding hydrogens is 370 g/mol. The van der Waals surface area contributed by atoms with Crippen LogP contribution in [-0.2, 0) is 0 Å². The molecule has 4 rings (SSSR count). The van der Waals surface area contributed by atoms with Gasteiger partial charge < -0.3 is 10.0 Å². The SMILES string of the molecule is CCCC(c1ccccc1)N(C)c1nnc(-c2ccc(O)cc2C)c2ccccc12. The Morgan fingerprint density at radius 2 is 1.60 bits per heavy atom. The number of benzene rings is 3. The van der Waals surface area contributed by atoms with Gasteiger partial charge >= 0.3 is 0 Å². The van der Waals surface area contributed by atoms with Crippen molar-refractivity contribution in [1.82, 2.24) is 10.2 Å². The largest absolute Gasteiger partial charge is 0.508 e. The van der Waals surface area contributed by atoms with E-state index < -0.39 is 0 Å². The highest BCUT2D eigenvalue weighted by molar-refractivity contribution is 6.00. The summed E-state index contributed by atoms with van der Waals surface area (Å²) >= 11 is 0. The van der Waals surface area contributed by atoms with Gasteiger partial charge in [0.25, 0.3) is 0 Å². The van der Waals surface area contributed by atoms with E-state index in [1.807, 2.05) is 25.1 Å². The van der Waals surface area contributed by atoms with Gasteiger partial charge in [0.15, 0.2) is 5.82 Å². The van der Waals surface area contributed by atoms with Gasteiger partial charge in [-0.25, -0.2) is 0 Å². The molecule has 1 unspecified atom stereocenters. The van der Waals surface area contributed by atoms with Crippen molar-refractivity contribution in [1.29, 1.82) is 0 Å². The van der Waals surface area contributed by atoms with Crippen LogP contribution >= 0.6 is 0 Å². The molecule has 1 aromatic heterocycles. The Morgan fingerprint density at radius 3 is 2.30 bits per heavy atom. The smallest absolute Gasteiger partial charge is 0.159 e. The zero-order chi connectivity index (χ0) is 21.1. The van der Waals surface area contributed by atoms with Gasteiger partial charge in [-0.3, -0.25) is 0 Å². The molecule has 3 aromatic carbocycles. The number of phenols is 1. The summed E-state index contributed by atoms with van der Waals surface area (Å²) in [6.07, 6.45) is 2.12. The van der Waals surface area contributed by atoms with E-state index in [1.165, 1.54) is 5.56 Å². The highest BCUT2D eigenvalue weighted by atomic mass is 16.3. The minimum atomic E-state index is 0.232. The van der Waals surface area contributed by atoms with Gasteiger partial charge in [0.1, 0.15) is 11.4 Å². The molecule has 0 aliphatic carbocycles. The minimum absolute atomic E-state index is 0.232. The molecule has 152 valence electrons. The maximum Gasteiger partial charge on any atom is 0.159 e. The second-order valence-corrected chi connectivity index (χ2v) is 7.74. The Labute approximate surface area is 177 Å². The fourth-order valence-corrected chi connectivity index (χ4v) is 4.14. The summed E-state index contributed by atoms with van der Waals surface area (Å²) in [4.78, 5) is 2.25. The fourth-order valence-electron chi connectivity index (χ4n) is 4.14. The summed E-state index contributed by atoms with van der Waals surface area (Å²) in [7, 11) is 2.11. The summed E-state index contributed by atoms with van der Waals surface area (Å²) in [5.74, 6) is 1.14. The van der Waals surface area contributed by atoms with Crippen molar-refractivity contribution in [3.8, 4) is 17.0 Å². The van der Waals surface area contributed by atoms with Crippen LogP contribution in [0.25, 0.3) is 22.0 Å². The molecule has 4 heteroatoms. The van der Waals surface area contributed by atoms with Crippen LogP contribution in [0.2, 0.25) is 0 Å². The summed E-state index contributed by atoms with van der Waals surface area (Å²) in [5.41, 5.74) is 4.08. The molecule has 0 fully saturated rings. The average Bonchev–Trinajstić information content (AvgIpc) is 2.77. The van der Waals surface area contributed by atoms with Crippen molar-refractivity contribution in [3.05, 3.63) is 83.9 Å². The van der Waals surface area contributed by atoms with Gasteiger partial charge in [0.2, 0.25) is 0 Å². The molecule has 4 nitrogen and oxygen atoms in total. The van der Waals surface area contributed by atoms with Crippen LogP contribution in [0, 0.1) is 6.92 Å². The van der Waals surface area contributed by atoms with Crippen LogP contribution in [0.3, 0.4) is 0 Å². The molecular formula is C26H27N3O. The van der Waals surface area contributed by atoms with E-state index in [4.69, 9.17) is 0 Å². The number of aromatic nitrogens is 2. The number of fused-ring (bicyclic) bond motifs is 1. The standard InChI is InChI=1S/C26H27N3O/c1-4-10-24(19-11-6-5-7-12-19)29(3)26-23-14-9-8-13-22(23)25(27-28-26)21-16-15-20(30)17-18(21)2/h5-9,11-17,24,30H,4,10H2,1-3H3. The summed E-state index contributed by atoms with van der Waals surface area (Å²) < 4.78 is 0. The second kappa shape index (κ2) is 8.54. The van der Waals surface area contributed by atoms with E-state index >= 15 is 0 Å². The molecule has 30 heavy (non-hydrogen) atoms. The third kappa shape index (κ3) is 3.73. The van der Waals surface area contributed by atoms with Crippen molar-refractivity contribution in [2.75, 3.05) is 11.9 Å². The van der Waals surface area contributed by atoms with Crippen LogP contribution in [0.15, 0.2) is 72.8 Å². The number of phenolic OH excluding ortho intramolecular Hbond substituents is 1. The lowest BCUT2D eigenvalue weighted by atomic mass is 9.98. The first-order valence-electron chi connectivity index (χ1n) is 10.4.